The maximum Gasteiger partial charge on any atom is 0.189 e. The normalized spacial score (nSPS) is 15.9. The fraction of sp³-hybridized carbons (Fsp3) is 0.0625. The molecule has 1 aliphatic rings. The molecule has 2 aromatic carbocycles. The van der Waals surface area contributed by atoms with E-state index in [1.807, 2.05) is 24.3 Å². The van der Waals surface area contributed by atoms with E-state index < -0.39 is 0 Å². The summed E-state index contributed by atoms with van der Waals surface area (Å²) in [6.07, 6.45) is 2.43. The molecule has 0 unspecified atom stereocenters. The molecule has 3 rings (SSSR count). The van der Waals surface area contributed by atoms with E-state index in [0.29, 0.717) is 22.0 Å². The van der Waals surface area contributed by atoms with Gasteiger partial charge in [0.05, 0.1) is 0 Å². The van der Waals surface area contributed by atoms with Crippen LogP contribution in [0, 0.1) is 0 Å². The Morgan fingerprint density at radius 1 is 0.947 bits per heavy atom. The lowest BCUT2D eigenvalue weighted by Gasteiger charge is -2.02. The van der Waals surface area contributed by atoms with Crippen molar-refractivity contribution in [3.8, 4) is 0 Å². The smallest absolute Gasteiger partial charge is 0.189 e. The lowest BCUT2D eigenvalue weighted by Crippen LogP contribution is -1.95. The number of fused-ring (bicyclic) bond motifs is 1. The van der Waals surface area contributed by atoms with Gasteiger partial charge in [0, 0.05) is 33.2 Å². The molecule has 1 nitrogen and oxygen atoms in total. The van der Waals surface area contributed by atoms with Crippen molar-refractivity contribution in [3.05, 3.63) is 74.8 Å². The van der Waals surface area contributed by atoms with Crippen LogP contribution in [0.4, 0.5) is 0 Å². The predicted molar refractivity (Wildman–Crippen MR) is 78.9 cm³/mol. The second kappa shape index (κ2) is 4.84. The van der Waals surface area contributed by atoms with Crippen molar-refractivity contribution in [1.29, 1.82) is 0 Å². The number of carbonyl (C=O) groups is 1. The van der Waals surface area contributed by atoms with Crippen molar-refractivity contribution < 1.29 is 4.79 Å². The molecular formula is C16H10Cl2O. The number of allylic oxidation sites excluding steroid dienone is 1. The highest BCUT2D eigenvalue weighted by Crippen LogP contribution is 2.31. The first-order valence-electron chi connectivity index (χ1n) is 5.94. The molecule has 0 heterocycles. The van der Waals surface area contributed by atoms with Crippen LogP contribution in [0.3, 0.4) is 0 Å². The van der Waals surface area contributed by atoms with Crippen LogP contribution in [0.2, 0.25) is 10.0 Å². The average Bonchev–Trinajstić information content (AvgIpc) is 2.72. The molecule has 0 saturated heterocycles. The van der Waals surface area contributed by atoms with Gasteiger partial charge in [-0.05, 0) is 23.8 Å². The second-order valence-corrected chi connectivity index (χ2v) is 5.28. The SMILES string of the molecule is O=C1C(=Cc2c(Cl)cccc2Cl)Cc2ccccc21. The molecule has 0 atom stereocenters. The van der Waals surface area contributed by atoms with E-state index in [0.717, 1.165) is 16.7 Å². The Hall–Kier alpha value is -1.57. The van der Waals surface area contributed by atoms with Crippen molar-refractivity contribution in [2.75, 3.05) is 0 Å². The van der Waals surface area contributed by atoms with E-state index in [-0.39, 0.29) is 5.78 Å². The summed E-state index contributed by atoms with van der Waals surface area (Å²) in [6, 6.07) is 13.0. The standard InChI is InChI=1S/C16H10Cl2O/c17-14-6-3-7-15(18)13(14)9-11-8-10-4-1-2-5-12(10)16(11)19/h1-7,9H,8H2. The lowest BCUT2D eigenvalue weighted by atomic mass is 10.1. The molecule has 0 radical (unpaired) electrons. The Morgan fingerprint density at radius 3 is 2.32 bits per heavy atom. The van der Waals surface area contributed by atoms with Gasteiger partial charge >= 0.3 is 0 Å². The average molecular weight is 289 g/mol. The van der Waals surface area contributed by atoms with Crippen molar-refractivity contribution in [2.24, 2.45) is 0 Å². The molecule has 0 saturated carbocycles. The maximum atomic E-state index is 12.3. The van der Waals surface area contributed by atoms with Crippen LogP contribution in [-0.2, 0) is 6.42 Å². The van der Waals surface area contributed by atoms with E-state index in [2.05, 4.69) is 0 Å². The quantitative estimate of drug-likeness (QED) is 0.688. The number of Topliss-reactive ketones (excluding diaryl/α,β-unsaturated/α-hetero) is 1. The van der Waals surface area contributed by atoms with Crippen molar-refractivity contribution >= 4 is 35.1 Å². The third-order valence-corrected chi connectivity index (χ3v) is 3.91. The Balaban J connectivity index is 2.06. The zero-order chi connectivity index (χ0) is 13.4. The Kier molecular flexibility index (Phi) is 3.17. The van der Waals surface area contributed by atoms with Crippen molar-refractivity contribution in [3.63, 3.8) is 0 Å². The van der Waals surface area contributed by atoms with Gasteiger partial charge in [-0.15, -0.1) is 0 Å². The van der Waals surface area contributed by atoms with Gasteiger partial charge in [0.1, 0.15) is 0 Å². The number of halogens is 2. The summed E-state index contributed by atoms with van der Waals surface area (Å²) in [5.74, 6) is 0.0617. The van der Waals surface area contributed by atoms with Crippen LogP contribution in [0.1, 0.15) is 21.5 Å². The van der Waals surface area contributed by atoms with Gasteiger partial charge in [0.25, 0.3) is 0 Å². The van der Waals surface area contributed by atoms with Crippen LogP contribution in [0.5, 0.6) is 0 Å². The van der Waals surface area contributed by atoms with E-state index in [4.69, 9.17) is 23.2 Å². The Bertz CT molecular complexity index is 681. The van der Waals surface area contributed by atoms with Gasteiger partial charge in [-0.1, -0.05) is 53.5 Å². The summed E-state index contributed by atoms with van der Waals surface area (Å²) in [5, 5.41) is 1.12. The Labute approximate surface area is 121 Å². The monoisotopic (exact) mass is 288 g/mol. The first-order valence-corrected chi connectivity index (χ1v) is 6.69. The summed E-state index contributed by atoms with van der Waals surface area (Å²) < 4.78 is 0. The molecule has 0 fully saturated rings. The number of hydrogen-bond acceptors (Lipinski definition) is 1. The second-order valence-electron chi connectivity index (χ2n) is 4.47. The molecule has 1 aliphatic carbocycles. The summed E-state index contributed by atoms with van der Waals surface area (Å²) in [4.78, 5) is 12.3. The zero-order valence-corrected chi connectivity index (χ0v) is 11.5. The number of benzene rings is 2. The summed E-state index contributed by atoms with van der Waals surface area (Å²) in [7, 11) is 0. The van der Waals surface area contributed by atoms with Gasteiger partial charge in [-0.25, -0.2) is 0 Å². The highest BCUT2D eigenvalue weighted by Gasteiger charge is 2.24. The summed E-state index contributed by atoms with van der Waals surface area (Å²) >= 11 is 12.3. The fourth-order valence-corrected chi connectivity index (χ4v) is 2.80. The van der Waals surface area contributed by atoms with E-state index in [1.54, 1.807) is 24.3 Å². The number of carbonyl (C=O) groups excluding carboxylic acids is 1. The zero-order valence-electron chi connectivity index (χ0n) is 9.99. The number of hydrogen-bond donors (Lipinski definition) is 0. The van der Waals surface area contributed by atoms with Crippen LogP contribution >= 0.6 is 23.2 Å². The molecule has 0 amide bonds. The highest BCUT2D eigenvalue weighted by atomic mass is 35.5. The number of rotatable bonds is 1. The van der Waals surface area contributed by atoms with E-state index in [1.165, 1.54) is 0 Å². The van der Waals surface area contributed by atoms with Gasteiger partial charge < -0.3 is 0 Å². The number of ketones is 1. The van der Waals surface area contributed by atoms with Crippen LogP contribution in [0.15, 0.2) is 48.0 Å². The minimum absolute atomic E-state index is 0.0617. The molecule has 0 aliphatic heterocycles. The van der Waals surface area contributed by atoms with Gasteiger partial charge in [0.2, 0.25) is 0 Å². The third kappa shape index (κ3) is 2.20. The van der Waals surface area contributed by atoms with E-state index in [9.17, 15) is 4.79 Å². The van der Waals surface area contributed by atoms with Crippen LogP contribution in [0.25, 0.3) is 6.08 Å². The molecular weight excluding hydrogens is 279 g/mol. The van der Waals surface area contributed by atoms with Crippen molar-refractivity contribution in [2.45, 2.75) is 6.42 Å². The fourth-order valence-electron chi connectivity index (χ4n) is 2.29. The van der Waals surface area contributed by atoms with Gasteiger partial charge in [-0.3, -0.25) is 4.79 Å². The van der Waals surface area contributed by atoms with Crippen LogP contribution < -0.4 is 0 Å². The molecule has 0 spiro atoms. The first-order chi connectivity index (χ1) is 9.16. The molecule has 2 aromatic rings. The summed E-state index contributed by atoms with van der Waals surface area (Å²) in [5.41, 5.74) is 3.28. The predicted octanol–water partition coefficient (Wildman–Crippen LogP) is 4.82. The lowest BCUT2D eigenvalue weighted by molar-refractivity contribution is 0.104. The molecule has 0 N–H and O–H groups in total. The minimum Gasteiger partial charge on any atom is -0.289 e. The van der Waals surface area contributed by atoms with Crippen LogP contribution in [-0.4, -0.2) is 5.78 Å². The third-order valence-electron chi connectivity index (χ3n) is 3.25. The highest BCUT2D eigenvalue weighted by molar-refractivity contribution is 6.37. The topological polar surface area (TPSA) is 17.1 Å². The Morgan fingerprint density at radius 2 is 1.63 bits per heavy atom. The van der Waals surface area contributed by atoms with Gasteiger partial charge in [-0.2, -0.15) is 0 Å². The maximum absolute atomic E-state index is 12.3. The molecule has 3 heteroatoms. The molecule has 19 heavy (non-hydrogen) atoms. The minimum atomic E-state index is 0.0617. The summed E-state index contributed by atoms with van der Waals surface area (Å²) in [6.45, 7) is 0. The molecule has 0 aromatic heterocycles. The molecule has 0 bridgehead atoms. The molecule has 94 valence electrons. The largest absolute Gasteiger partial charge is 0.289 e. The van der Waals surface area contributed by atoms with Gasteiger partial charge in [0.15, 0.2) is 5.78 Å². The first kappa shape index (κ1) is 12.5. The van der Waals surface area contributed by atoms with Crippen molar-refractivity contribution in [1.82, 2.24) is 0 Å². The van der Waals surface area contributed by atoms with E-state index >= 15 is 0 Å².